The van der Waals surface area contributed by atoms with Crippen LogP contribution in [0.2, 0.25) is 0 Å². The van der Waals surface area contributed by atoms with E-state index in [0.29, 0.717) is 6.19 Å². The molecule has 40 valence electrons. The van der Waals surface area contributed by atoms with Crippen LogP contribution in [0.5, 0.6) is 0 Å². The number of rotatable bonds is 1. The Labute approximate surface area is 45.6 Å². The molecule has 2 nitrogen and oxygen atoms in total. The molecule has 0 heterocycles. The van der Waals surface area contributed by atoms with Crippen LogP contribution in [0.25, 0.3) is 0 Å². The molecule has 0 rings (SSSR count). The summed E-state index contributed by atoms with van der Waals surface area (Å²) in [7, 11) is 3.36. The van der Waals surface area contributed by atoms with Crippen molar-refractivity contribution < 1.29 is 5.95 Å². The summed E-state index contributed by atoms with van der Waals surface area (Å²) in [6.45, 7) is 1.68. The van der Waals surface area contributed by atoms with Crippen LogP contribution in [0, 0.1) is 0 Å². The summed E-state index contributed by atoms with van der Waals surface area (Å²) >= 11 is 0. The lowest BCUT2D eigenvalue weighted by atomic mass is 10.8. The van der Waals surface area contributed by atoms with Gasteiger partial charge in [0.2, 0.25) is 0 Å². The number of hydrogen-bond donors (Lipinski definition) is 0. The van der Waals surface area contributed by atoms with Crippen LogP contribution in [0.3, 0.4) is 0 Å². The summed E-state index contributed by atoms with van der Waals surface area (Å²) in [5.74, 6) is 0. The second kappa shape index (κ2) is 3.53. The molecule has 0 atom stereocenters. The van der Waals surface area contributed by atoms with Crippen molar-refractivity contribution in [2.24, 2.45) is 4.99 Å². The van der Waals surface area contributed by atoms with Gasteiger partial charge in [-0.25, -0.2) is 0 Å². The molecule has 7 heavy (non-hydrogen) atoms. The fraction of sp³-hybridized carbons (Fsp3) is 0.600. The number of aliphatic imine (C=N–C) groups is 1. The SMILES string of the molecule is [2H]C(C)=[N+](C)[C-]=NC. The zero-order valence-electron chi connectivity index (χ0n) is 5.89. The van der Waals surface area contributed by atoms with Crippen LogP contribution in [-0.2, 0) is 0 Å². The third kappa shape index (κ3) is 3.16. The molecule has 0 unspecified atom stereocenters. The molecule has 2 heteroatoms. The standard InChI is InChI=1S/C5H10N2/c1-4-7(3)5-6-2/h4H,1-3H3/i4D. The Kier molecular flexibility index (Phi) is 2.27. The first-order valence-electron chi connectivity index (χ1n) is 2.57. The maximum absolute atomic E-state index is 7.01. The molecule has 0 aromatic rings. The first-order valence-corrected chi connectivity index (χ1v) is 2.07. The highest BCUT2D eigenvalue weighted by molar-refractivity contribution is 5.56. The van der Waals surface area contributed by atoms with Gasteiger partial charge in [0.25, 0.3) is 0 Å². The molecule has 0 aromatic heterocycles. The molecule has 0 aliphatic rings. The smallest absolute Gasteiger partial charge is 0.175 e. The van der Waals surface area contributed by atoms with Crippen LogP contribution < -0.4 is 0 Å². The quantitative estimate of drug-likeness (QED) is 0.147. The minimum absolute atomic E-state index is 0.440. The van der Waals surface area contributed by atoms with Gasteiger partial charge in [-0.05, 0) is 1.37 Å². The Morgan fingerprint density at radius 2 is 2.57 bits per heavy atom. The molecule has 0 radical (unpaired) electrons. The van der Waals surface area contributed by atoms with Gasteiger partial charge in [-0.2, -0.15) is 4.99 Å². The molecular formula is C5H10N2. The summed E-state index contributed by atoms with van der Waals surface area (Å²) in [6, 6.07) is 0. The largest absolute Gasteiger partial charge is 0.403 e. The number of hydrogen-bond acceptors (Lipinski definition) is 1. The first-order chi connectivity index (χ1) is 3.68. The topological polar surface area (TPSA) is 15.4 Å². The molecular weight excluding hydrogens is 88.1 g/mol. The lowest BCUT2D eigenvalue weighted by molar-refractivity contribution is -0.355. The zero-order chi connectivity index (χ0) is 6.57. The second-order valence-corrected chi connectivity index (χ2v) is 1.11. The van der Waals surface area contributed by atoms with Gasteiger partial charge >= 0.3 is 0 Å². The van der Waals surface area contributed by atoms with Gasteiger partial charge in [-0.15, -0.1) is 0 Å². The molecule has 0 aliphatic heterocycles. The highest BCUT2D eigenvalue weighted by atomic mass is 15.0. The van der Waals surface area contributed by atoms with Gasteiger partial charge < -0.3 is 4.58 Å². The predicted molar refractivity (Wildman–Crippen MR) is 31.3 cm³/mol. The van der Waals surface area contributed by atoms with Crippen LogP contribution in [0.15, 0.2) is 4.99 Å². The summed E-state index contributed by atoms with van der Waals surface area (Å²) in [4.78, 5) is 3.59. The molecule has 0 saturated carbocycles. The highest BCUT2D eigenvalue weighted by Crippen LogP contribution is 1.54. The van der Waals surface area contributed by atoms with Gasteiger partial charge in [0.1, 0.15) is 0 Å². The van der Waals surface area contributed by atoms with E-state index < -0.39 is 0 Å². The Balaban J connectivity index is 4.00. The molecule has 0 aliphatic carbocycles. The fourth-order valence-electron chi connectivity index (χ4n) is 0.200. The number of nitrogens with zero attached hydrogens (tertiary/aromatic N) is 2. The van der Waals surface area contributed by atoms with Crippen LogP contribution in [-0.4, -0.2) is 31.2 Å². The predicted octanol–water partition coefficient (Wildman–Crippen LogP) is 0.254. The van der Waals surface area contributed by atoms with E-state index in [1.165, 1.54) is 4.58 Å². The first kappa shape index (κ1) is 4.50. The van der Waals surface area contributed by atoms with Crippen LogP contribution in [0.1, 0.15) is 8.29 Å². The van der Waals surface area contributed by atoms with E-state index in [1.807, 2.05) is 0 Å². The van der Waals surface area contributed by atoms with Gasteiger partial charge in [0.15, 0.2) is 6.34 Å². The lowest BCUT2D eigenvalue weighted by Gasteiger charge is -1.91. The maximum Gasteiger partial charge on any atom is 0.175 e. The van der Waals surface area contributed by atoms with E-state index in [9.17, 15) is 0 Å². The highest BCUT2D eigenvalue weighted by Gasteiger charge is 1.64. The van der Waals surface area contributed by atoms with Crippen LogP contribution >= 0.6 is 0 Å². The Morgan fingerprint density at radius 1 is 2.00 bits per heavy atom. The van der Waals surface area contributed by atoms with Crippen molar-refractivity contribution in [3.05, 3.63) is 0 Å². The van der Waals surface area contributed by atoms with Gasteiger partial charge in [0.05, 0.1) is 7.05 Å². The summed E-state index contributed by atoms with van der Waals surface area (Å²) in [5.41, 5.74) is 0. The van der Waals surface area contributed by atoms with Crippen LogP contribution in [0.4, 0.5) is 0 Å². The van der Waals surface area contributed by atoms with E-state index in [2.05, 4.69) is 11.3 Å². The van der Waals surface area contributed by atoms with Crippen molar-refractivity contribution >= 4 is 12.5 Å². The summed E-state index contributed by atoms with van der Waals surface area (Å²) in [5, 5.41) is 0. The average Bonchev–Trinajstić information content (AvgIpc) is 1.67. The minimum atomic E-state index is 0.440. The van der Waals surface area contributed by atoms with E-state index in [-0.39, 0.29) is 0 Å². The van der Waals surface area contributed by atoms with E-state index >= 15 is 0 Å². The molecule has 0 fully saturated rings. The van der Waals surface area contributed by atoms with Crippen molar-refractivity contribution in [2.75, 3.05) is 14.1 Å². The molecule has 0 saturated heterocycles. The summed E-state index contributed by atoms with van der Waals surface area (Å²) in [6.07, 6.45) is 3.02. The van der Waals surface area contributed by atoms with Crippen molar-refractivity contribution in [3.63, 3.8) is 0 Å². The monoisotopic (exact) mass is 99.1 g/mol. The normalized spacial score (nSPS) is 16.7. The van der Waals surface area contributed by atoms with E-state index in [0.717, 1.165) is 0 Å². The summed E-state index contributed by atoms with van der Waals surface area (Å²) < 4.78 is 8.52. The van der Waals surface area contributed by atoms with Crippen molar-refractivity contribution in [1.82, 2.24) is 0 Å². The third-order valence-corrected chi connectivity index (χ3v) is 0.585. The van der Waals surface area contributed by atoms with Crippen molar-refractivity contribution in [2.45, 2.75) is 6.92 Å². The minimum Gasteiger partial charge on any atom is -0.403 e. The van der Waals surface area contributed by atoms with Crippen molar-refractivity contribution in [3.8, 4) is 0 Å². The molecule has 0 bridgehead atoms. The Bertz CT molecular complexity index is 122. The van der Waals surface area contributed by atoms with E-state index in [4.69, 9.17) is 1.37 Å². The van der Waals surface area contributed by atoms with E-state index in [1.54, 1.807) is 21.0 Å². The third-order valence-electron chi connectivity index (χ3n) is 0.585. The second-order valence-electron chi connectivity index (χ2n) is 1.11. The molecule has 0 N–H and O–H groups in total. The average molecular weight is 99.2 g/mol. The maximum atomic E-state index is 7.01. The van der Waals surface area contributed by atoms with Crippen molar-refractivity contribution in [1.29, 1.82) is 0 Å². The molecule has 0 aromatic carbocycles. The molecule has 0 amide bonds. The fourth-order valence-corrected chi connectivity index (χ4v) is 0.200. The Morgan fingerprint density at radius 3 is 2.71 bits per heavy atom. The lowest BCUT2D eigenvalue weighted by Crippen LogP contribution is -2.00. The molecule has 0 spiro atoms. The van der Waals surface area contributed by atoms with Gasteiger partial charge in [0, 0.05) is 7.05 Å². The Hall–Kier alpha value is -0.660. The van der Waals surface area contributed by atoms with Gasteiger partial charge in [-0.1, -0.05) is 13.1 Å². The zero-order valence-corrected chi connectivity index (χ0v) is 4.89. The van der Waals surface area contributed by atoms with Gasteiger partial charge in [-0.3, -0.25) is 0 Å².